The first-order valence-electron chi connectivity index (χ1n) is 12.4. The summed E-state index contributed by atoms with van der Waals surface area (Å²) in [5.74, 6) is 1.58. The van der Waals surface area contributed by atoms with Crippen molar-refractivity contribution in [2.45, 2.75) is 38.1 Å². The van der Waals surface area contributed by atoms with Crippen LogP contribution in [0, 0.1) is 6.92 Å². The molecule has 1 aliphatic heterocycles. The number of benzene rings is 3. The highest BCUT2D eigenvalue weighted by molar-refractivity contribution is 5.57. The highest BCUT2D eigenvalue weighted by Gasteiger charge is 2.34. The molecule has 7 heteroatoms. The van der Waals surface area contributed by atoms with Crippen LogP contribution in [-0.4, -0.2) is 55.8 Å². The van der Waals surface area contributed by atoms with Gasteiger partial charge in [0.05, 0.1) is 24.5 Å². The van der Waals surface area contributed by atoms with Gasteiger partial charge >= 0.3 is 0 Å². The van der Waals surface area contributed by atoms with Gasteiger partial charge in [-0.15, -0.1) is 0 Å². The smallest absolute Gasteiger partial charge is 0.138 e. The molecule has 36 heavy (non-hydrogen) atoms. The third kappa shape index (κ3) is 6.98. The molecule has 0 amide bonds. The Morgan fingerprint density at radius 2 is 1.69 bits per heavy atom. The Bertz CT molecular complexity index is 1090. The molecule has 0 radical (unpaired) electrons. The van der Waals surface area contributed by atoms with E-state index in [0.29, 0.717) is 38.5 Å². The van der Waals surface area contributed by atoms with Gasteiger partial charge in [-0.1, -0.05) is 35.9 Å². The van der Waals surface area contributed by atoms with E-state index < -0.39 is 6.10 Å². The van der Waals surface area contributed by atoms with Crippen molar-refractivity contribution < 1.29 is 24.4 Å². The first kappa shape index (κ1) is 26.0. The van der Waals surface area contributed by atoms with E-state index in [2.05, 4.69) is 10.6 Å². The van der Waals surface area contributed by atoms with Crippen LogP contribution in [0.25, 0.3) is 0 Å². The molecule has 3 aromatic rings. The van der Waals surface area contributed by atoms with E-state index in [9.17, 15) is 10.2 Å². The molecule has 1 fully saturated rings. The molecule has 1 heterocycles. The molecule has 192 valence electrons. The standard InChI is InChI=1S/C29H36N2O5/c1-20-4-9-23(10-5-20)36-24-11-7-22(8-12-24)29-27(33)17-30-18-28(29)35-19-21-6-13-26(32)25(16-21)31-14-3-15-34-2/h4-13,16,27-33H,3,14-15,17-19H2,1-2H3/t27-,28+,29?/m1/s1. The number of aliphatic hydroxyl groups is 1. The Kier molecular flexibility index (Phi) is 9.19. The van der Waals surface area contributed by atoms with Gasteiger partial charge in [-0.25, -0.2) is 0 Å². The fourth-order valence-corrected chi connectivity index (χ4v) is 4.43. The minimum atomic E-state index is -0.564. The Balaban J connectivity index is 1.40. The van der Waals surface area contributed by atoms with E-state index >= 15 is 0 Å². The third-order valence-corrected chi connectivity index (χ3v) is 6.40. The number of piperidine rings is 1. The van der Waals surface area contributed by atoms with Crippen LogP contribution in [0.5, 0.6) is 17.2 Å². The van der Waals surface area contributed by atoms with Crippen molar-refractivity contribution >= 4 is 5.69 Å². The summed E-state index contributed by atoms with van der Waals surface area (Å²) in [6.45, 7) is 4.94. The molecule has 4 N–H and O–H groups in total. The Morgan fingerprint density at radius 1 is 0.972 bits per heavy atom. The second-order valence-electron chi connectivity index (χ2n) is 9.21. The summed E-state index contributed by atoms with van der Waals surface area (Å²) in [4.78, 5) is 0. The topological polar surface area (TPSA) is 92.2 Å². The van der Waals surface area contributed by atoms with E-state index in [1.807, 2.05) is 67.6 Å². The third-order valence-electron chi connectivity index (χ3n) is 6.40. The number of aryl methyl sites for hydroxylation is 1. The number of β-amino-alcohol motifs (C(OH)–C–C–N with tert-alkyl or cyclic N) is 1. The van der Waals surface area contributed by atoms with Gasteiger partial charge in [0.1, 0.15) is 17.2 Å². The van der Waals surface area contributed by atoms with Gasteiger partial charge in [-0.2, -0.15) is 0 Å². The van der Waals surface area contributed by atoms with Gasteiger partial charge in [0.15, 0.2) is 0 Å². The van der Waals surface area contributed by atoms with Crippen LogP contribution < -0.4 is 15.4 Å². The van der Waals surface area contributed by atoms with Crippen molar-refractivity contribution in [3.8, 4) is 17.2 Å². The van der Waals surface area contributed by atoms with Crippen LogP contribution in [0.3, 0.4) is 0 Å². The summed E-state index contributed by atoms with van der Waals surface area (Å²) >= 11 is 0. The van der Waals surface area contributed by atoms with E-state index in [4.69, 9.17) is 14.2 Å². The van der Waals surface area contributed by atoms with Crippen molar-refractivity contribution in [3.05, 3.63) is 83.4 Å². The number of rotatable bonds is 11. The monoisotopic (exact) mass is 492 g/mol. The number of hydrogen-bond acceptors (Lipinski definition) is 7. The molecule has 0 spiro atoms. The van der Waals surface area contributed by atoms with Gasteiger partial charge < -0.3 is 35.1 Å². The fraction of sp³-hybridized carbons (Fsp3) is 0.379. The number of nitrogens with one attached hydrogen (secondary N) is 2. The zero-order valence-corrected chi connectivity index (χ0v) is 20.9. The molecule has 0 bridgehead atoms. The first-order chi connectivity index (χ1) is 17.5. The first-order valence-corrected chi connectivity index (χ1v) is 12.4. The minimum absolute atomic E-state index is 0.163. The molecule has 1 aliphatic rings. The molecule has 1 saturated heterocycles. The molecule has 7 nitrogen and oxygen atoms in total. The van der Waals surface area contributed by atoms with Gasteiger partial charge in [-0.3, -0.25) is 0 Å². The summed E-state index contributed by atoms with van der Waals surface area (Å²) in [5, 5.41) is 27.5. The zero-order valence-electron chi connectivity index (χ0n) is 20.9. The summed E-state index contributed by atoms with van der Waals surface area (Å²) in [7, 11) is 1.67. The van der Waals surface area contributed by atoms with Crippen LogP contribution in [0.2, 0.25) is 0 Å². The van der Waals surface area contributed by atoms with Crippen LogP contribution >= 0.6 is 0 Å². The highest BCUT2D eigenvalue weighted by Crippen LogP contribution is 2.32. The lowest BCUT2D eigenvalue weighted by atomic mass is 9.85. The SMILES string of the molecule is COCCCNc1cc(CO[C@H]2CNC[C@@H](O)C2c2ccc(Oc3ccc(C)cc3)cc2)ccc1O. The van der Waals surface area contributed by atoms with E-state index in [-0.39, 0.29) is 17.8 Å². The van der Waals surface area contributed by atoms with E-state index in [1.165, 1.54) is 5.56 Å². The number of aliphatic hydroxyl groups excluding tert-OH is 1. The number of phenols is 1. The lowest BCUT2D eigenvalue weighted by Crippen LogP contribution is -2.49. The van der Waals surface area contributed by atoms with E-state index in [0.717, 1.165) is 29.0 Å². The lowest BCUT2D eigenvalue weighted by Gasteiger charge is -2.36. The number of methoxy groups -OCH3 is 1. The summed E-state index contributed by atoms with van der Waals surface area (Å²) < 4.78 is 17.3. The lowest BCUT2D eigenvalue weighted by molar-refractivity contribution is -0.0328. The van der Waals surface area contributed by atoms with Crippen molar-refractivity contribution in [1.29, 1.82) is 0 Å². The van der Waals surface area contributed by atoms with Crippen LogP contribution in [0.15, 0.2) is 66.7 Å². The maximum atomic E-state index is 10.8. The predicted octanol–water partition coefficient (Wildman–Crippen LogP) is 4.57. The number of hydrogen-bond donors (Lipinski definition) is 4. The second-order valence-corrected chi connectivity index (χ2v) is 9.21. The average Bonchev–Trinajstić information content (AvgIpc) is 2.89. The molecule has 4 rings (SSSR count). The largest absolute Gasteiger partial charge is 0.506 e. The number of ether oxygens (including phenoxy) is 3. The summed E-state index contributed by atoms with van der Waals surface area (Å²) in [6, 6.07) is 21.2. The Hall–Kier alpha value is -3.10. The molecule has 1 unspecified atom stereocenters. The molecule has 0 saturated carbocycles. The van der Waals surface area contributed by atoms with Crippen LogP contribution in [0.1, 0.15) is 29.0 Å². The Labute approximate surface area is 213 Å². The van der Waals surface area contributed by atoms with Crippen molar-refractivity contribution in [2.75, 3.05) is 38.7 Å². The van der Waals surface area contributed by atoms with Crippen molar-refractivity contribution in [1.82, 2.24) is 5.32 Å². The fourth-order valence-electron chi connectivity index (χ4n) is 4.43. The highest BCUT2D eigenvalue weighted by atomic mass is 16.5. The summed E-state index contributed by atoms with van der Waals surface area (Å²) in [6.07, 6.45) is 0.0775. The maximum Gasteiger partial charge on any atom is 0.138 e. The average molecular weight is 493 g/mol. The van der Waals surface area contributed by atoms with Crippen LogP contribution in [-0.2, 0) is 16.1 Å². The Morgan fingerprint density at radius 3 is 2.42 bits per heavy atom. The van der Waals surface area contributed by atoms with Crippen molar-refractivity contribution in [2.24, 2.45) is 0 Å². The molecule has 0 aliphatic carbocycles. The number of anilines is 1. The predicted molar refractivity (Wildman–Crippen MR) is 141 cm³/mol. The van der Waals surface area contributed by atoms with Crippen LogP contribution in [0.4, 0.5) is 5.69 Å². The molecule has 3 aromatic carbocycles. The summed E-state index contributed by atoms with van der Waals surface area (Å²) in [5.41, 5.74) is 3.82. The van der Waals surface area contributed by atoms with Gasteiger partial charge in [-0.05, 0) is 60.9 Å². The van der Waals surface area contributed by atoms with Gasteiger partial charge in [0.2, 0.25) is 0 Å². The van der Waals surface area contributed by atoms with Gasteiger partial charge in [0.25, 0.3) is 0 Å². The molecule has 3 atom stereocenters. The normalized spacial score (nSPS) is 19.7. The second kappa shape index (κ2) is 12.7. The zero-order chi connectivity index (χ0) is 25.3. The molecular formula is C29H36N2O5. The number of phenolic OH excluding ortho intramolecular Hbond substituents is 1. The maximum absolute atomic E-state index is 10.8. The van der Waals surface area contributed by atoms with E-state index in [1.54, 1.807) is 13.2 Å². The minimum Gasteiger partial charge on any atom is -0.506 e. The van der Waals surface area contributed by atoms with Gasteiger partial charge in [0, 0.05) is 39.3 Å². The number of aromatic hydroxyl groups is 1. The quantitative estimate of drug-likeness (QED) is 0.230. The molecule has 0 aromatic heterocycles. The van der Waals surface area contributed by atoms with Crippen molar-refractivity contribution in [3.63, 3.8) is 0 Å². The molecular weight excluding hydrogens is 456 g/mol.